The molecule has 3 aromatic rings. The van der Waals surface area contributed by atoms with Crippen molar-refractivity contribution in [3.05, 3.63) is 59.7 Å². The smallest absolute Gasteiger partial charge is 0.141 e. The van der Waals surface area contributed by atoms with Crippen molar-refractivity contribution in [2.45, 2.75) is 44.6 Å². The second-order valence-electron chi connectivity index (χ2n) is 7.23. The van der Waals surface area contributed by atoms with Gasteiger partial charge in [-0.15, -0.1) is 0 Å². The molecule has 1 saturated carbocycles. The molecule has 0 spiro atoms. The molecule has 0 bridgehead atoms. The van der Waals surface area contributed by atoms with Gasteiger partial charge in [0.1, 0.15) is 5.82 Å². The first kappa shape index (κ1) is 14.0. The van der Waals surface area contributed by atoms with Gasteiger partial charge in [0.05, 0.1) is 17.1 Å². The highest BCUT2D eigenvalue weighted by atomic mass is 15.1. The fraction of sp³-hybridized carbons (Fsp3) is 0.318. The third-order valence-electron chi connectivity index (χ3n) is 5.66. The molecule has 0 radical (unpaired) electrons. The molecule has 1 aliphatic carbocycles. The second-order valence-corrected chi connectivity index (χ2v) is 7.23. The zero-order valence-corrected chi connectivity index (χ0v) is 14.1. The van der Waals surface area contributed by atoms with Crippen molar-refractivity contribution < 1.29 is 0 Å². The van der Waals surface area contributed by atoms with Crippen LogP contribution in [-0.4, -0.2) is 9.55 Å². The number of aromatic nitrogens is 2. The highest BCUT2D eigenvalue weighted by Gasteiger charge is 2.24. The Bertz CT molecular complexity index is 928. The Morgan fingerprint density at radius 3 is 2.62 bits per heavy atom. The summed E-state index contributed by atoms with van der Waals surface area (Å²) in [5, 5.41) is 0. The number of hydrogen-bond acceptors (Lipinski definition) is 1. The Hall–Kier alpha value is -2.35. The van der Waals surface area contributed by atoms with Crippen molar-refractivity contribution in [1.82, 2.24) is 9.55 Å². The molecule has 1 unspecified atom stereocenters. The molecular formula is C22H22N2. The highest BCUT2D eigenvalue weighted by molar-refractivity contribution is 5.91. The van der Waals surface area contributed by atoms with Crippen molar-refractivity contribution in [3.8, 4) is 11.4 Å². The van der Waals surface area contributed by atoms with Crippen molar-refractivity contribution in [1.29, 1.82) is 0 Å². The molecule has 0 N–H and O–H groups in total. The first-order valence-electron chi connectivity index (χ1n) is 9.11. The molecule has 0 amide bonds. The lowest BCUT2D eigenvalue weighted by Gasteiger charge is -2.20. The summed E-state index contributed by atoms with van der Waals surface area (Å²) in [6.07, 6.45) is 9.99. The average Bonchev–Trinajstić information content (AvgIpc) is 3.27. The molecule has 120 valence electrons. The number of imidazole rings is 1. The lowest BCUT2D eigenvalue weighted by molar-refractivity contribution is 0.685. The molecule has 2 aromatic carbocycles. The van der Waals surface area contributed by atoms with Gasteiger partial charge < -0.3 is 4.57 Å². The van der Waals surface area contributed by atoms with Crippen LogP contribution in [0.3, 0.4) is 0 Å². The fourth-order valence-corrected chi connectivity index (χ4v) is 4.42. The summed E-state index contributed by atoms with van der Waals surface area (Å²) < 4.78 is 2.40. The molecule has 1 aromatic heterocycles. The third kappa shape index (κ3) is 2.06. The van der Waals surface area contributed by atoms with E-state index in [-0.39, 0.29) is 0 Å². The summed E-state index contributed by atoms with van der Waals surface area (Å²) >= 11 is 0. The average molecular weight is 314 g/mol. The predicted molar refractivity (Wildman–Crippen MR) is 100 cm³/mol. The van der Waals surface area contributed by atoms with E-state index in [2.05, 4.69) is 66.1 Å². The van der Waals surface area contributed by atoms with E-state index in [1.807, 2.05) is 0 Å². The minimum Gasteiger partial charge on any atom is -0.317 e. The van der Waals surface area contributed by atoms with Crippen LogP contribution >= 0.6 is 0 Å². The SMILES string of the molecule is CC1C=Cc2cc(C3CCCC3)cc3nc(-c4ccccc4)n1c23. The van der Waals surface area contributed by atoms with E-state index in [0.29, 0.717) is 6.04 Å². The number of nitrogens with zero attached hydrogens (tertiary/aromatic N) is 2. The zero-order valence-electron chi connectivity index (χ0n) is 14.1. The Balaban J connectivity index is 1.76. The Morgan fingerprint density at radius 2 is 1.83 bits per heavy atom. The summed E-state index contributed by atoms with van der Waals surface area (Å²) in [5.41, 5.74) is 6.47. The molecule has 5 rings (SSSR count). The quantitative estimate of drug-likeness (QED) is 0.571. The van der Waals surface area contributed by atoms with E-state index in [0.717, 1.165) is 17.3 Å². The molecule has 24 heavy (non-hydrogen) atoms. The topological polar surface area (TPSA) is 17.8 Å². The largest absolute Gasteiger partial charge is 0.317 e. The second kappa shape index (κ2) is 5.34. The first-order valence-corrected chi connectivity index (χ1v) is 9.11. The van der Waals surface area contributed by atoms with Crippen LogP contribution in [0, 0.1) is 0 Å². The van der Waals surface area contributed by atoms with E-state index >= 15 is 0 Å². The molecule has 1 fully saturated rings. The van der Waals surface area contributed by atoms with Gasteiger partial charge in [0.15, 0.2) is 0 Å². The number of allylic oxidation sites excluding steroid dienone is 1. The maximum absolute atomic E-state index is 5.06. The third-order valence-corrected chi connectivity index (χ3v) is 5.66. The highest BCUT2D eigenvalue weighted by Crippen LogP contribution is 2.40. The molecule has 2 heteroatoms. The molecule has 1 atom stereocenters. The van der Waals surface area contributed by atoms with E-state index in [4.69, 9.17) is 4.98 Å². The van der Waals surface area contributed by atoms with Crippen LogP contribution in [0.15, 0.2) is 48.5 Å². The number of benzene rings is 2. The Kier molecular flexibility index (Phi) is 3.12. The summed E-state index contributed by atoms with van der Waals surface area (Å²) in [4.78, 5) is 5.06. The molecule has 0 saturated heterocycles. The molecule has 2 nitrogen and oxygen atoms in total. The van der Waals surface area contributed by atoms with Crippen molar-refractivity contribution >= 4 is 17.1 Å². The first-order chi connectivity index (χ1) is 11.8. The Morgan fingerprint density at radius 1 is 1.04 bits per heavy atom. The lowest BCUT2D eigenvalue weighted by atomic mass is 9.94. The van der Waals surface area contributed by atoms with Gasteiger partial charge in [-0.25, -0.2) is 4.98 Å². The van der Waals surface area contributed by atoms with Crippen molar-refractivity contribution in [2.24, 2.45) is 0 Å². The molecule has 2 aliphatic rings. The molecular weight excluding hydrogens is 292 g/mol. The summed E-state index contributed by atoms with van der Waals surface area (Å²) in [6.45, 7) is 2.25. The normalized spacial score (nSPS) is 20.1. The maximum Gasteiger partial charge on any atom is 0.141 e. The summed E-state index contributed by atoms with van der Waals surface area (Å²) in [7, 11) is 0. The van der Waals surface area contributed by atoms with Crippen LogP contribution in [0.1, 0.15) is 55.7 Å². The van der Waals surface area contributed by atoms with Crippen LogP contribution in [0.2, 0.25) is 0 Å². The van der Waals surface area contributed by atoms with E-state index in [1.165, 1.54) is 47.9 Å². The van der Waals surface area contributed by atoms with Crippen LogP contribution < -0.4 is 0 Å². The monoisotopic (exact) mass is 314 g/mol. The van der Waals surface area contributed by atoms with Crippen LogP contribution in [-0.2, 0) is 0 Å². The lowest BCUT2D eigenvalue weighted by Crippen LogP contribution is -2.08. The van der Waals surface area contributed by atoms with E-state index in [1.54, 1.807) is 0 Å². The molecule has 1 aliphatic heterocycles. The minimum atomic E-state index is 0.343. The van der Waals surface area contributed by atoms with Gasteiger partial charge >= 0.3 is 0 Å². The van der Waals surface area contributed by atoms with Gasteiger partial charge in [0, 0.05) is 11.1 Å². The number of rotatable bonds is 2. The van der Waals surface area contributed by atoms with E-state index < -0.39 is 0 Å². The van der Waals surface area contributed by atoms with E-state index in [9.17, 15) is 0 Å². The molecule has 2 heterocycles. The standard InChI is InChI=1S/C22H22N2/c1-15-11-12-18-13-19(16-7-5-6-8-16)14-20-21(18)24(15)22(23-20)17-9-3-2-4-10-17/h2-4,9-16H,5-8H2,1H3. The maximum atomic E-state index is 5.06. The van der Waals surface area contributed by atoms with Crippen LogP contribution in [0.25, 0.3) is 28.5 Å². The zero-order chi connectivity index (χ0) is 16.1. The van der Waals surface area contributed by atoms with Crippen LogP contribution in [0.4, 0.5) is 0 Å². The summed E-state index contributed by atoms with van der Waals surface area (Å²) in [6, 6.07) is 15.7. The fourth-order valence-electron chi connectivity index (χ4n) is 4.42. The number of hydrogen-bond donors (Lipinski definition) is 0. The van der Waals surface area contributed by atoms with Gasteiger partial charge in [-0.1, -0.05) is 55.3 Å². The van der Waals surface area contributed by atoms with Crippen molar-refractivity contribution in [3.63, 3.8) is 0 Å². The Labute approximate surface area is 142 Å². The van der Waals surface area contributed by atoms with Gasteiger partial charge in [-0.2, -0.15) is 0 Å². The van der Waals surface area contributed by atoms with Gasteiger partial charge in [-0.05, 0) is 43.4 Å². The predicted octanol–water partition coefficient (Wildman–Crippen LogP) is 5.95. The van der Waals surface area contributed by atoms with Gasteiger partial charge in [0.2, 0.25) is 0 Å². The van der Waals surface area contributed by atoms with Crippen LogP contribution in [0.5, 0.6) is 0 Å². The van der Waals surface area contributed by atoms with Gasteiger partial charge in [0.25, 0.3) is 0 Å². The summed E-state index contributed by atoms with van der Waals surface area (Å²) in [5.74, 6) is 1.82. The minimum absolute atomic E-state index is 0.343. The van der Waals surface area contributed by atoms with Crippen molar-refractivity contribution in [2.75, 3.05) is 0 Å². The van der Waals surface area contributed by atoms with Gasteiger partial charge in [-0.3, -0.25) is 0 Å².